The van der Waals surface area contributed by atoms with Crippen molar-refractivity contribution in [3.63, 3.8) is 0 Å². The predicted octanol–water partition coefficient (Wildman–Crippen LogP) is 1.48. The first-order valence-corrected chi connectivity index (χ1v) is 6.83. The number of likely N-dealkylation sites (tertiary alicyclic amines) is 1. The number of nitrogens with zero attached hydrogens (tertiary/aromatic N) is 3. The number of pyridine rings is 1. The van der Waals surface area contributed by atoms with Crippen molar-refractivity contribution in [3.05, 3.63) is 23.9 Å². The minimum atomic E-state index is -4.66. The highest BCUT2D eigenvalue weighted by atomic mass is 19.4. The predicted molar refractivity (Wildman–Crippen MR) is 75.1 cm³/mol. The Balaban J connectivity index is 2.18. The van der Waals surface area contributed by atoms with E-state index in [-0.39, 0.29) is 5.56 Å². The molecule has 0 unspecified atom stereocenters. The molecule has 2 rings (SSSR count). The number of carboxylic acid groups (broad SMARTS) is 1. The minimum Gasteiger partial charge on any atom is -0.481 e. The summed E-state index contributed by atoms with van der Waals surface area (Å²) in [6, 6.07) is 3.03. The van der Waals surface area contributed by atoms with Crippen molar-refractivity contribution in [2.24, 2.45) is 11.8 Å². The van der Waals surface area contributed by atoms with E-state index in [2.05, 4.69) is 4.98 Å². The molecule has 1 amide bonds. The van der Waals surface area contributed by atoms with Gasteiger partial charge < -0.3 is 14.9 Å². The number of carbonyl (C=O) groups is 2. The molecule has 0 aromatic carbocycles. The van der Waals surface area contributed by atoms with Crippen LogP contribution in [0.15, 0.2) is 18.3 Å². The fourth-order valence-corrected chi connectivity index (χ4v) is 2.51. The molecule has 1 N–H and O–H groups in total. The maximum Gasteiger partial charge on any atom is 0.394 e. The van der Waals surface area contributed by atoms with Crippen molar-refractivity contribution in [2.75, 3.05) is 32.1 Å². The summed E-state index contributed by atoms with van der Waals surface area (Å²) in [5.41, 5.74) is 0.127. The summed E-state index contributed by atoms with van der Waals surface area (Å²) in [7, 11) is 3.52. The molecule has 0 saturated carbocycles. The van der Waals surface area contributed by atoms with E-state index in [0.29, 0.717) is 5.82 Å². The van der Waals surface area contributed by atoms with Gasteiger partial charge in [-0.3, -0.25) is 9.59 Å². The Bertz CT molecular complexity index is 602. The second-order valence-electron chi connectivity index (χ2n) is 5.60. The monoisotopic (exact) mass is 331 g/mol. The molecule has 1 fully saturated rings. The SMILES string of the molecule is CN(C)c1ccc(C(=O)N2C[C@@H](C(F)(F)F)[C@H](C(=O)O)C2)cn1. The van der Waals surface area contributed by atoms with Crippen molar-refractivity contribution in [1.82, 2.24) is 9.88 Å². The molecular weight excluding hydrogens is 315 g/mol. The summed E-state index contributed by atoms with van der Waals surface area (Å²) in [6.45, 7) is -1.12. The molecule has 1 aromatic rings. The molecule has 1 aliphatic heterocycles. The largest absolute Gasteiger partial charge is 0.481 e. The van der Waals surface area contributed by atoms with Crippen molar-refractivity contribution in [2.45, 2.75) is 6.18 Å². The van der Waals surface area contributed by atoms with Gasteiger partial charge >= 0.3 is 12.1 Å². The highest BCUT2D eigenvalue weighted by molar-refractivity contribution is 5.94. The summed E-state index contributed by atoms with van der Waals surface area (Å²) >= 11 is 0. The highest BCUT2D eigenvalue weighted by Gasteiger charge is 2.53. The number of carbonyl (C=O) groups excluding carboxylic acids is 1. The summed E-state index contributed by atoms with van der Waals surface area (Å²) in [6.07, 6.45) is -3.39. The van der Waals surface area contributed by atoms with Crippen LogP contribution in [0.2, 0.25) is 0 Å². The molecule has 23 heavy (non-hydrogen) atoms. The van der Waals surface area contributed by atoms with Gasteiger partial charge in [0.2, 0.25) is 0 Å². The summed E-state index contributed by atoms with van der Waals surface area (Å²) < 4.78 is 38.8. The van der Waals surface area contributed by atoms with Gasteiger partial charge in [-0.15, -0.1) is 0 Å². The lowest BCUT2D eigenvalue weighted by atomic mass is 9.96. The van der Waals surface area contributed by atoms with Gasteiger partial charge in [-0.1, -0.05) is 0 Å². The van der Waals surface area contributed by atoms with Crippen LogP contribution < -0.4 is 4.90 Å². The van der Waals surface area contributed by atoms with Crippen molar-refractivity contribution < 1.29 is 27.9 Å². The number of hydrogen-bond acceptors (Lipinski definition) is 4. The molecule has 2 heterocycles. The average Bonchev–Trinajstić information content (AvgIpc) is 2.92. The third kappa shape index (κ3) is 3.54. The van der Waals surface area contributed by atoms with Gasteiger partial charge in [-0.05, 0) is 12.1 Å². The molecule has 1 aromatic heterocycles. The Labute approximate surface area is 130 Å². The van der Waals surface area contributed by atoms with E-state index >= 15 is 0 Å². The topological polar surface area (TPSA) is 73.7 Å². The van der Waals surface area contributed by atoms with E-state index in [1.807, 2.05) is 0 Å². The lowest BCUT2D eigenvalue weighted by Crippen LogP contribution is -2.34. The zero-order valence-corrected chi connectivity index (χ0v) is 12.5. The number of rotatable bonds is 3. The van der Waals surface area contributed by atoms with Gasteiger partial charge in [0.05, 0.1) is 17.4 Å². The number of anilines is 1. The van der Waals surface area contributed by atoms with Crippen LogP contribution in [0.1, 0.15) is 10.4 Å². The maximum absolute atomic E-state index is 12.9. The summed E-state index contributed by atoms with van der Waals surface area (Å²) in [5.74, 6) is -5.31. The number of hydrogen-bond donors (Lipinski definition) is 1. The van der Waals surface area contributed by atoms with Crippen LogP contribution in [0.25, 0.3) is 0 Å². The van der Waals surface area contributed by atoms with E-state index in [0.717, 1.165) is 4.90 Å². The first kappa shape index (κ1) is 17.0. The van der Waals surface area contributed by atoms with Gasteiger partial charge in [0.1, 0.15) is 5.82 Å². The van der Waals surface area contributed by atoms with Crippen LogP contribution in [-0.2, 0) is 4.79 Å². The van der Waals surface area contributed by atoms with Crippen LogP contribution in [-0.4, -0.2) is 60.2 Å². The summed E-state index contributed by atoms with van der Waals surface area (Å²) in [4.78, 5) is 30.0. The molecule has 0 bridgehead atoms. The second-order valence-corrected chi connectivity index (χ2v) is 5.60. The van der Waals surface area contributed by atoms with E-state index in [9.17, 15) is 22.8 Å². The van der Waals surface area contributed by atoms with E-state index in [4.69, 9.17) is 5.11 Å². The van der Waals surface area contributed by atoms with Crippen molar-refractivity contribution in [3.8, 4) is 0 Å². The quantitative estimate of drug-likeness (QED) is 0.908. The van der Waals surface area contributed by atoms with Gasteiger partial charge in [0, 0.05) is 33.4 Å². The number of aliphatic carboxylic acids is 1. The highest BCUT2D eigenvalue weighted by Crippen LogP contribution is 2.38. The third-order valence-corrected chi connectivity index (χ3v) is 3.80. The average molecular weight is 331 g/mol. The zero-order chi connectivity index (χ0) is 17.4. The van der Waals surface area contributed by atoms with Gasteiger partial charge in [0.15, 0.2) is 0 Å². The molecule has 126 valence electrons. The first-order chi connectivity index (χ1) is 10.6. The van der Waals surface area contributed by atoms with Crippen LogP contribution in [0.3, 0.4) is 0 Å². The first-order valence-electron chi connectivity index (χ1n) is 6.83. The molecule has 0 radical (unpaired) electrons. The molecular formula is C14H16F3N3O3. The molecule has 6 nitrogen and oxygen atoms in total. The van der Waals surface area contributed by atoms with Crippen molar-refractivity contribution >= 4 is 17.7 Å². The Morgan fingerprint density at radius 2 is 1.96 bits per heavy atom. The van der Waals surface area contributed by atoms with Crippen LogP contribution in [0.4, 0.5) is 19.0 Å². The molecule has 2 atom stereocenters. The Hall–Kier alpha value is -2.32. The van der Waals surface area contributed by atoms with Crippen LogP contribution in [0.5, 0.6) is 0 Å². The normalized spacial score (nSPS) is 21.3. The molecule has 9 heteroatoms. The number of aromatic nitrogens is 1. The molecule has 0 aliphatic carbocycles. The molecule has 0 spiro atoms. The number of amides is 1. The van der Waals surface area contributed by atoms with E-state index in [1.165, 1.54) is 12.3 Å². The lowest BCUT2D eigenvalue weighted by Gasteiger charge is -2.18. The second kappa shape index (κ2) is 6.05. The summed E-state index contributed by atoms with van der Waals surface area (Å²) in [5, 5.41) is 8.96. The number of carboxylic acids is 1. The maximum atomic E-state index is 12.9. The Morgan fingerprint density at radius 3 is 2.35 bits per heavy atom. The van der Waals surface area contributed by atoms with Gasteiger partial charge in [0.25, 0.3) is 5.91 Å². The fraction of sp³-hybridized carbons (Fsp3) is 0.500. The number of halogens is 3. The third-order valence-electron chi connectivity index (χ3n) is 3.80. The standard InChI is InChI=1S/C14H16F3N3O3/c1-19(2)11-4-3-8(5-18-11)12(21)20-6-9(13(22)23)10(7-20)14(15,16)17/h3-5,9-10H,6-7H2,1-2H3,(H,22,23)/t9-,10-/m1/s1. The van der Waals surface area contributed by atoms with Crippen LogP contribution in [0, 0.1) is 11.8 Å². The van der Waals surface area contributed by atoms with Gasteiger partial charge in [-0.25, -0.2) is 4.98 Å². The smallest absolute Gasteiger partial charge is 0.394 e. The minimum absolute atomic E-state index is 0.127. The van der Waals surface area contributed by atoms with Crippen LogP contribution >= 0.6 is 0 Å². The lowest BCUT2D eigenvalue weighted by molar-refractivity contribution is -0.187. The number of alkyl halides is 3. The van der Waals surface area contributed by atoms with E-state index in [1.54, 1.807) is 25.1 Å². The zero-order valence-electron chi connectivity index (χ0n) is 12.5. The molecule has 1 aliphatic rings. The Morgan fingerprint density at radius 1 is 1.30 bits per heavy atom. The van der Waals surface area contributed by atoms with E-state index < -0.39 is 43.0 Å². The Kier molecular flexibility index (Phi) is 4.49. The van der Waals surface area contributed by atoms with Crippen molar-refractivity contribution in [1.29, 1.82) is 0 Å². The molecule has 1 saturated heterocycles. The van der Waals surface area contributed by atoms with Gasteiger partial charge in [-0.2, -0.15) is 13.2 Å². The fourth-order valence-electron chi connectivity index (χ4n) is 2.51.